The average molecular weight is 355 g/mol. The van der Waals surface area contributed by atoms with E-state index in [0.29, 0.717) is 5.89 Å². The van der Waals surface area contributed by atoms with Gasteiger partial charge in [-0.1, -0.05) is 18.6 Å². The SMILES string of the molecule is COc1ccc(CN2CCCCC2c2nnc(-c3ccsc3)o2)cc1. The van der Waals surface area contributed by atoms with Crippen LogP contribution >= 0.6 is 11.3 Å². The number of piperidine rings is 1. The van der Waals surface area contributed by atoms with Gasteiger partial charge in [-0.3, -0.25) is 4.90 Å². The molecule has 1 saturated heterocycles. The van der Waals surface area contributed by atoms with Crippen molar-refractivity contribution < 1.29 is 9.15 Å². The molecule has 25 heavy (non-hydrogen) atoms. The fourth-order valence-corrected chi connectivity index (χ4v) is 3.93. The second-order valence-corrected chi connectivity index (χ2v) is 7.07. The maximum Gasteiger partial charge on any atom is 0.248 e. The van der Waals surface area contributed by atoms with E-state index in [2.05, 4.69) is 27.2 Å². The number of methoxy groups -OCH3 is 1. The Morgan fingerprint density at radius 3 is 2.84 bits per heavy atom. The standard InChI is InChI=1S/C19H21N3O2S/c1-23-16-7-5-14(6-8-16)12-22-10-3-2-4-17(22)19-21-20-18(24-19)15-9-11-25-13-15/h5-9,11,13,17H,2-4,10,12H2,1H3. The molecule has 1 fully saturated rings. The molecule has 4 rings (SSSR count). The van der Waals surface area contributed by atoms with Gasteiger partial charge in [-0.15, -0.1) is 10.2 Å². The Balaban J connectivity index is 1.52. The Morgan fingerprint density at radius 1 is 1.20 bits per heavy atom. The number of likely N-dealkylation sites (tertiary alicyclic amines) is 1. The number of benzene rings is 1. The molecule has 1 aromatic carbocycles. The molecule has 0 saturated carbocycles. The predicted octanol–water partition coefficient (Wildman–Crippen LogP) is 4.53. The molecule has 1 aliphatic rings. The average Bonchev–Trinajstić information content (AvgIpc) is 3.34. The first kappa shape index (κ1) is 16.3. The highest BCUT2D eigenvalue weighted by Crippen LogP contribution is 2.33. The van der Waals surface area contributed by atoms with Crippen LogP contribution in [-0.2, 0) is 6.54 Å². The van der Waals surface area contributed by atoms with Crippen LogP contribution in [0.4, 0.5) is 0 Å². The smallest absolute Gasteiger partial charge is 0.248 e. The third-order valence-corrected chi connectivity index (χ3v) is 5.34. The number of aromatic nitrogens is 2. The summed E-state index contributed by atoms with van der Waals surface area (Å²) in [5.41, 5.74) is 2.27. The van der Waals surface area contributed by atoms with E-state index in [1.165, 1.54) is 18.4 Å². The molecule has 1 atom stereocenters. The van der Waals surface area contributed by atoms with Crippen molar-refractivity contribution in [3.8, 4) is 17.2 Å². The van der Waals surface area contributed by atoms with E-state index in [-0.39, 0.29) is 6.04 Å². The van der Waals surface area contributed by atoms with Crippen LogP contribution in [0, 0.1) is 0 Å². The van der Waals surface area contributed by atoms with E-state index in [1.807, 2.05) is 29.0 Å². The summed E-state index contributed by atoms with van der Waals surface area (Å²) < 4.78 is 11.2. The topological polar surface area (TPSA) is 51.4 Å². The lowest BCUT2D eigenvalue weighted by atomic mass is 10.0. The lowest BCUT2D eigenvalue weighted by Gasteiger charge is -2.33. The molecule has 2 aromatic heterocycles. The van der Waals surface area contributed by atoms with Crippen molar-refractivity contribution >= 4 is 11.3 Å². The molecule has 3 aromatic rings. The highest BCUT2D eigenvalue weighted by atomic mass is 32.1. The number of thiophene rings is 1. The predicted molar refractivity (Wildman–Crippen MR) is 97.6 cm³/mol. The monoisotopic (exact) mass is 355 g/mol. The van der Waals surface area contributed by atoms with Gasteiger partial charge in [0.05, 0.1) is 13.2 Å². The van der Waals surface area contributed by atoms with Gasteiger partial charge in [-0.05, 0) is 48.5 Å². The first-order valence-corrected chi connectivity index (χ1v) is 9.51. The summed E-state index contributed by atoms with van der Waals surface area (Å²) in [4.78, 5) is 2.44. The Labute approximate surface area is 151 Å². The molecule has 3 heterocycles. The van der Waals surface area contributed by atoms with Crippen molar-refractivity contribution in [2.24, 2.45) is 0 Å². The van der Waals surface area contributed by atoms with Crippen molar-refractivity contribution in [2.45, 2.75) is 31.8 Å². The number of hydrogen-bond donors (Lipinski definition) is 0. The van der Waals surface area contributed by atoms with E-state index in [1.54, 1.807) is 18.4 Å². The maximum absolute atomic E-state index is 5.99. The molecule has 130 valence electrons. The molecular weight excluding hydrogens is 334 g/mol. The minimum absolute atomic E-state index is 0.190. The quantitative estimate of drug-likeness (QED) is 0.673. The van der Waals surface area contributed by atoms with E-state index < -0.39 is 0 Å². The largest absolute Gasteiger partial charge is 0.497 e. The Morgan fingerprint density at radius 2 is 2.08 bits per heavy atom. The second-order valence-electron chi connectivity index (χ2n) is 6.29. The molecule has 1 unspecified atom stereocenters. The van der Waals surface area contributed by atoms with Gasteiger partial charge in [0.2, 0.25) is 11.8 Å². The van der Waals surface area contributed by atoms with E-state index >= 15 is 0 Å². The fourth-order valence-electron chi connectivity index (χ4n) is 3.30. The van der Waals surface area contributed by atoms with Crippen LogP contribution in [0.1, 0.15) is 36.8 Å². The Kier molecular flexibility index (Phi) is 4.81. The molecule has 0 spiro atoms. The van der Waals surface area contributed by atoms with Gasteiger partial charge < -0.3 is 9.15 Å². The lowest BCUT2D eigenvalue weighted by Crippen LogP contribution is -2.33. The first-order valence-electron chi connectivity index (χ1n) is 8.56. The van der Waals surface area contributed by atoms with Gasteiger partial charge in [0, 0.05) is 17.5 Å². The molecule has 5 nitrogen and oxygen atoms in total. The van der Waals surface area contributed by atoms with Crippen LogP contribution in [0.3, 0.4) is 0 Å². The number of rotatable bonds is 5. The summed E-state index contributed by atoms with van der Waals surface area (Å²) in [7, 11) is 1.69. The normalized spacial score (nSPS) is 18.4. The molecule has 0 N–H and O–H groups in total. The summed E-state index contributed by atoms with van der Waals surface area (Å²) in [5, 5.41) is 12.6. The maximum atomic E-state index is 5.99. The van der Waals surface area contributed by atoms with Crippen LogP contribution in [-0.4, -0.2) is 28.8 Å². The van der Waals surface area contributed by atoms with Gasteiger partial charge >= 0.3 is 0 Å². The van der Waals surface area contributed by atoms with E-state index in [4.69, 9.17) is 9.15 Å². The Hall–Kier alpha value is -2.18. The van der Waals surface area contributed by atoms with Crippen molar-refractivity contribution in [3.05, 3.63) is 52.5 Å². The van der Waals surface area contributed by atoms with Gasteiger partial charge in [0.15, 0.2) is 0 Å². The number of hydrogen-bond acceptors (Lipinski definition) is 6. The summed E-state index contributed by atoms with van der Waals surface area (Å²) >= 11 is 1.64. The summed E-state index contributed by atoms with van der Waals surface area (Å²) in [6.45, 7) is 1.93. The van der Waals surface area contributed by atoms with Gasteiger partial charge in [-0.2, -0.15) is 11.3 Å². The third kappa shape index (κ3) is 3.60. The van der Waals surface area contributed by atoms with Gasteiger partial charge in [0.1, 0.15) is 5.75 Å². The van der Waals surface area contributed by atoms with Crippen molar-refractivity contribution in [1.82, 2.24) is 15.1 Å². The third-order valence-electron chi connectivity index (χ3n) is 4.65. The summed E-state index contributed by atoms with van der Waals surface area (Å²) in [6, 6.07) is 10.5. The molecule has 0 aliphatic carbocycles. The van der Waals surface area contributed by atoms with Crippen LogP contribution in [0.5, 0.6) is 5.75 Å². The summed E-state index contributed by atoms with van der Waals surface area (Å²) in [5.74, 6) is 2.23. The molecule has 0 bridgehead atoms. The highest BCUT2D eigenvalue weighted by molar-refractivity contribution is 7.08. The zero-order valence-corrected chi connectivity index (χ0v) is 15.0. The number of ether oxygens (including phenoxy) is 1. The van der Waals surface area contributed by atoms with Crippen molar-refractivity contribution in [2.75, 3.05) is 13.7 Å². The van der Waals surface area contributed by atoms with Crippen LogP contribution in [0.2, 0.25) is 0 Å². The number of nitrogens with zero attached hydrogens (tertiary/aromatic N) is 3. The highest BCUT2D eigenvalue weighted by Gasteiger charge is 2.28. The van der Waals surface area contributed by atoms with E-state index in [9.17, 15) is 0 Å². The van der Waals surface area contributed by atoms with Crippen LogP contribution in [0.25, 0.3) is 11.5 Å². The first-order chi connectivity index (χ1) is 12.3. The van der Waals surface area contributed by atoms with Crippen LogP contribution in [0.15, 0.2) is 45.5 Å². The summed E-state index contributed by atoms with van der Waals surface area (Å²) in [6.07, 6.45) is 3.46. The molecule has 0 radical (unpaired) electrons. The van der Waals surface area contributed by atoms with Crippen molar-refractivity contribution in [1.29, 1.82) is 0 Å². The molecule has 1 aliphatic heterocycles. The molecule has 6 heteroatoms. The van der Waals surface area contributed by atoms with Crippen LogP contribution < -0.4 is 4.74 Å². The zero-order valence-electron chi connectivity index (χ0n) is 14.2. The van der Waals surface area contributed by atoms with Gasteiger partial charge in [0.25, 0.3) is 0 Å². The van der Waals surface area contributed by atoms with Gasteiger partial charge in [-0.25, -0.2) is 0 Å². The Bertz CT molecular complexity index is 798. The lowest BCUT2D eigenvalue weighted by molar-refractivity contribution is 0.118. The minimum atomic E-state index is 0.190. The molecule has 0 amide bonds. The minimum Gasteiger partial charge on any atom is -0.497 e. The molecular formula is C19H21N3O2S. The zero-order chi connectivity index (χ0) is 17.1. The van der Waals surface area contributed by atoms with E-state index in [0.717, 1.165) is 36.7 Å². The second kappa shape index (κ2) is 7.37. The van der Waals surface area contributed by atoms with Crippen molar-refractivity contribution in [3.63, 3.8) is 0 Å². The fraction of sp³-hybridized carbons (Fsp3) is 0.368.